The molecule has 2 N–H and O–H groups in total. The SMILES string of the molecule is COCCNC(=O)c1ccc(NCCN2C[C@H](C)O[C@@H](C)C2)nc1. The maximum Gasteiger partial charge on any atom is 0.252 e. The van der Waals surface area contributed by atoms with E-state index in [0.29, 0.717) is 18.7 Å². The van der Waals surface area contributed by atoms with Crippen LogP contribution in [0.1, 0.15) is 24.2 Å². The molecule has 1 fully saturated rings. The summed E-state index contributed by atoms with van der Waals surface area (Å²) in [5, 5.41) is 6.07. The normalized spacial score (nSPS) is 21.5. The first-order valence-corrected chi connectivity index (χ1v) is 8.43. The number of morpholine rings is 1. The molecule has 1 aromatic rings. The van der Waals surface area contributed by atoms with Gasteiger partial charge in [-0.15, -0.1) is 0 Å². The topological polar surface area (TPSA) is 75.7 Å². The molecule has 7 heteroatoms. The van der Waals surface area contributed by atoms with Crippen molar-refractivity contribution in [2.45, 2.75) is 26.1 Å². The molecule has 2 atom stereocenters. The monoisotopic (exact) mass is 336 g/mol. The third-order valence-corrected chi connectivity index (χ3v) is 3.85. The van der Waals surface area contributed by atoms with Crippen LogP contribution in [0, 0.1) is 0 Å². The standard InChI is InChI=1S/C17H28N4O3/c1-13-11-21(12-14(2)24-13)8-6-18-16-5-4-15(10-20-16)17(22)19-7-9-23-3/h4-5,10,13-14H,6-9,11-12H2,1-3H3,(H,18,20)(H,19,22)/t13-,14-/m0/s1. The largest absolute Gasteiger partial charge is 0.383 e. The highest BCUT2D eigenvalue weighted by Crippen LogP contribution is 2.10. The fourth-order valence-electron chi connectivity index (χ4n) is 2.81. The van der Waals surface area contributed by atoms with E-state index in [-0.39, 0.29) is 18.1 Å². The van der Waals surface area contributed by atoms with Crippen molar-refractivity contribution >= 4 is 11.7 Å². The Morgan fingerprint density at radius 1 is 1.33 bits per heavy atom. The second-order valence-corrected chi connectivity index (χ2v) is 6.12. The molecule has 1 aliphatic heterocycles. The van der Waals surface area contributed by atoms with Crippen molar-refractivity contribution < 1.29 is 14.3 Å². The van der Waals surface area contributed by atoms with Gasteiger partial charge in [0.05, 0.1) is 24.4 Å². The predicted molar refractivity (Wildman–Crippen MR) is 93.4 cm³/mol. The molecule has 134 valence electrons. The molecule has 24 heavy (non-hydrogen) atoms. The van der Waals surface area contributed by atoms with Gasteiger partial charge in [-0.2, -0.15) is 0 Å². The number of pyridine rings is 1. The van der Waals surface area contributed by atoms with Gasteiger partial charge >= 0.3 is 0 Å². The molecule has 1 aliphatic rings. The van der Waals surface area contributed by atoms with Gasteiger partial charge in [-0.3, -0.25) is 9.69 Å². The molecule has 0 aliphatic carbocycles. The van der Waals surface area contributed by atoms with Crippen molar-refractivity contribution in [3.8, 4) is 0 Å². The van der Waals surface area contributed by atoms with Crippen LogP contribution in [0.4, 0.5) is 5.82 Å². The zero-order chi connectivity index (χ0) is 17.4. The van der Waals surface area contributed by atoms with Gasteiger partial charge in [-0.25, -0.2) is 4.98 Å². The molecular formula is C17H28N4O3. The summed E-state index contributed by atoms with van der Waals surface area (Å²) in [5.41, 5.74) is 0.549. The molecule has 0 bridgehead atoms. The number of rotatable bonds is 8. The molecule has 1 amide bonds. The number of methoxy groups -OCH3 is 1. The molecule has 2 rings (SSSR count). The van der Waals surface area contributed by atoms with E-state index < -0.39 is 0 Å². The van der Waals surface area contributed by atoms with E-state index in [1.54, 1.807) is 19.4 Å². The third-order valence-electron chi connectivity index (χ3n) is 3.85. The average molecular weight is 336 g/mol. The molecule has 1 saturated heterocycles. The number of carbonyl (C=O) groups excluding carboxylic acids is 1. The number of nitrogens with one attached hydrogen (secondary N) is 2. The average Bonchev–Trinajstić information content (AvgIpc) is 2.55. The van der Waals surface area contributed by atoms with Gasteiger partial charge in [0.1, 0.15) is 5.82 Å². The molecule has 0 aromatic carbocycles. The van der Waals surface area contributed by atoms with E-state index in [4.69, 9.17) is 9.47 Å². The summed E-state index contributed by atoms with van der Waals surface area (Å²) >= 11 is 0. The van der Waals surface area contributed by atoms with Gasteiger partial charge < -0.3 is 20.1 Å². The van der Waals surface area contributed by atoms with Crippen molar-refractivity contribution in [3.63, 3.8) is 0 Å². The second-order valence-electron chi connectivity index (χ2n) is 6.12. The summed E-state index contributed by atoms with van der Waals surface area (Å²) in [6.45, 7) is 8.87. The van der Waals surface area contributed by atoms with Crippen molar-refractivity contribution in [2.24, 2.45) is 0 Å². The molecule has 7 nitrogen and oxygen atoms in total. The number of carbonyl (C=O) groups is 1. The lowest BCUT2D eigenvalue weighted by Gasteiger charge is -2.35. The van der Waals surface area contributed by atoms with Gasteiger partial charge in [-0.05, 0) is 26.0 Å². The zero-order valence-corrected chi connectivity index (χ0v) is 14.7. The van der Waals surface area contributed by atoms with Crippen LogP contribution in [0.25, 0.3) is 0 Å². The first-order valence-electron chi connectivity index (χ1n) is 8.43. The predicted octanol–water partition coefficient (Wildman–Crippen LogP) is 0.979. The van der Waals surface area contributed by atoms with Crippen LogP contribution in [-0.2, 0) is 9.47 Å². The Bertz CT molecular complexity index is 499. The molecule has 0 saturated carbocycles. The lowest BCUT2D eigenvalue weighted by molar-refractivity contribution is -0.0667. The second kappa shape index (κ2) is 9.56. The van der Waals surface area contributed by atoms with Crippen molar-refractivity contribution in [1.82, 2.24) is 15.2 Å². The molecule has 1 aromatic heterocycles. The zero-order valence-electron chi connectivity index (χ0n) is 14.7. The minimum atomic E-state index is -0.137. The minimum Gasteiger partial charge on any atom is -0.383 e. The van der Waals surface area contributed by atoms with Crippen LogP contribution in [0.5, 0.6) is 0 Å². The van der Waals surface area contributed by atoms with Gasteiger partial charge in [-0.1, -0.05) is 0 Å². The Kier molecular flexibility index (Phi) is 7.42. The van der Waals surface area contributed by atoms with Gasteiger partial charge in [0.25, 0.3) is 5.91 Å². The Morgan fingerprint density at radius 3 is 2.71 bits per heavy atom. The Balaban J connectivity index is 1.72. The van der Waals surface area contributed by atoms with Crippen LogP contribution in [-0.4, -0.2) is 74.4 Å². The fourth-order valence-corrected chi connectivity index (χ4v) is 2.81. The van der Waals surface area contributed by atoms with Crippen molar-refractivity contribution in [2.75, 3.05) is 51.8 Å². The summed E-state index contributed by atoms with van der Waals surface area (Å²) < 4.78 is 10.6. The summed E-state index contributed by atoms with van der Waals surface area (Å²) in [7, 11) is 1.60. The minimum absolute atomic E-state index is 0.137. The number of nitrogens with zero attached hydrogens (tertiary/aromatic N) is 2. The molecular weight excluding hydrogens is 308 g/mol. The number of amides is 1. The van der Waals surface area contributed by atoms with Crippen LogP contribution in [0.2, 0.25) is 0 Å². The van der Waals surface area contributed by atoms with Gasteiger partial charge in [0, 0.05) is 46.0 Å². The summed E-state index contributed by atoms with van der Waals surface area (Å²) in [6.07, 6.45) is 2.15. The molecule has 0 radical (unpaired) electrons. The van der Waals surface area contributed by atoms with E-state index >= 15 is 0 Å². The van der Waals surface area contributed by atoms with Crippen LogP contribution in [0.15, 0.2) is 18.3 Å². The van der Waals surface area contributed by atoms with Crippen LogP contribution in [0.3, 0.4) is 0 Å². The number of hydrogen-bond donors (Lipinski definition) is 2. The van der Waals surface area contributed by atoms with Crippen molar-refractivity contribution in [1.29, 1.82) is 0 Å². The molecule has 0 spiro atoms. The first-order chi connectivity index (χ1) is 11.6. The van der Waals surface area contributed by atoms with Crippen molar-refractivity contribution in [3.05, 3.63) is 23.9 Å². The van der Waals surface area contributed by atoms with E-state index in [0.717, 1.165) is 32.0 Å². The van der Waals surface area contributed by atoms with Crippen LogP contribution < -0.4 is 10.6 Å². The summed E-state index contributed by atoms with van der Waals surface area (Å²) in [4.78, 5) is 18.6. The number of ether oxygens (including phenoxy) is 2. The van der Waals surface area contributed by atoms with E-state index in [9.17, 15) is 4.79 Å². The summed E-state index contributed by atoms with van der Waals surface area (Å²) in [6, 6.07) is 3.60. The first kappa shape index (κ1) is 18.6. The Labute approximate surface area is 143 Å². The van der Waals surface area contributed by atoms with Gasteiger partial charge in [0.15, 0.2) is 0 Å². The lowest BCUT2D eigenvalue weighted by atomic mass is 10.2. The highest BCUT2D eigenvalue weighted by molar-refractivity contribution is 5.94. The highest BCUT2D eigenvalue weighted by atomic mass is 16.5. The van der Waals surface area contributed by atoms with E-state index in [2.05, 4.69) is 34.4 Å². The van der Waals surface area contributed by atoms with Gasteiger partial charge in [0.2, 0.25) is 0 Å². The Hall–Kier alpha value is -1.70. The highest BCUT2D eigenvalue weighted by Gasteiger charge is 2.21. The quantitative estimate of drug-likeness (QED) is 0.689. The summed E-state index contributed by atoms with van der Waals surface area (Å²) in [5.74, 6) is 0.639. The number of hydrogen-bond acceptors (Lipinski definition) is 6. The fraction of sp³-hybridized carbons (Fsp3) is 0.647. The van der Waals surface area contributed by atoms with E-state index in [1.807, 2.05) is 6.07 Å². The smallest absolute Gasteiger partial charge is 0.252 e. The number of anilines is 1. The van der Waals surface area contributed by atoms with E-state index in [1.165, 1.54) is 0 Å². The maximum atomic E-state index is 11.9. The Morgan fingerprint density at radius 2 is 2.08 bits per heavy atom. The maximum absolute atomic E-state index is 11.9. The number of aromatic nitrogens is 1. The molecule has 0 unspecified atom stereocenters. The third kappa shape index (κ3) is 6.07. The lowest BCUT2D eigenvalue weighted by Crippen LogP contribution is -2.46. The molecule has 2 heterocycles. The van der Waals surface area contributed by atoms with Crippen LogP contribution >= 0.6 is 0 Å².